The Kier molecular flexibility index (Phi) is 7.79. The normalized spacial score (nSPS) is 23.3. The van der Waals surface area contributed by atoms with E-state index in [1.165, 1.54) is 84.6 Å². The van der Waals surface area contributed by atoms with Gasteiger partial charge in [-0.15, -0.1) is 0 Å². The van der Waals surface area contributed by atoms with Crippen LogP contribution in [0.15, 0.2) is 0 Å². The lowest BCUT2D eigenvalue weighted by Gasteiger charge is -2.38. The molecular weight excluding hydrogens is 306 g/mol. The van der Waals surface area contributed by atoms with Crippen LogP contribution in [0.5, 0.6) is 0 Å². The fourth-order valence-electron chi connectivity index (χ4n) is 4.55. The fourth-order valence-corrected chi connectivity index (χ4v) is 4.55. The molecule has 0 amide bonds. The Morgan fingerprint density at radius 1 is 0.640 bits per heavy atom. The zero-order chi connectivity index (χ0) is 18.5. The molecule has 0 bridgehead atoms. The second-order valence-corrected chi connectivity index (χ2v) is 11.1. The van der Waals surface area contributed by atoms with E-state index in [9.17, 15) is 0 Å². The molecule has 3 nitrogen and oxygen atoms in total. The molecule has 0 radical (unpaired) electrons. The number of nitrogens with zero attached hydrogens (tertiary/aromatic N) is 3. The molecule has 2 heterocycles. The van der Waals surface area contributed by atoms with E-state index in [0.29, 0.717) is 10.8 Å². The summed E-state index contributed by atoms with van der Waals surface area (Å²) in [6.07, 6.45) is 5.71. The predicted octanol–water partition coefficient (Wildman–Crippen LogP) is 4.19. The molecule has 148 valence electrons. The molecule has 0 unspecified atom stereocenters. The van der Waals surface area contributed by atoms with E-state index >= 15 is 0 Å². The highest BCUT2D eigenvalue weighted by molar-refractivity contribution is 4.78. The SMILES string of the molecule is CC(C)(C)CN1CCC(CCCN2CCN(CC(C)(C)C)CC2)CC1. The Morgan fingerprint density at radius 3 is 1.56 bits per heavy atom. The van der Waals surface area contributed by atoms with Gasteiger partial charge in [-0.2, -0.15) is 0 Å². The highest BCUT2D eigenvalue weighted by Gasteiger charge is 2.24. The molecule has 2 saturated heterocycles. The number of likely N-dealkylation sites (tertiary alicyclic amines) is 1. The first-order valence-electron chi connectivity index (χ1n) is 10.8. The van der Waals surface area contributed by atoms with Crippen molar-refractivity contribution in [2.45, 2.75) is 67.2 Å². The lowest BCUT2D eigenvalue weighted by molar-refractivity contribution is 0.0973. The standard InChI is InChI=1S/C22H45N3/c1-21(2,3)18-24-12-9-20(10-13-24)8-7-11-23-14-16-25(17-15-23)19-22(4,5)6/h20H,7-19H2,1-6H3. The van der Waals surface area contributed by atoms with E-state index in [2.05, 4.69) is 56.2 Å². The predicted molar refractivity (Wildman–Crippen MR) is 110 cm³/mol. The van der Waals surface area contributed by atoms with Gasteiger partial charge < -0.3 is 14.7 Å². The molecule has 0 saturated carbocycles. The van der Waals surface area contributed by atoms with Crippen LogP contribution in [0.4, 0.5) is 0 Å². The molecule has 2 fully saturated rings. The maximum Gasteiger partial charge on any atom is 0.0110 e. The van der Waals surface area contributed by atoms with Gasteiger partial charge in [0.2, 0.25) is 0 Å². The molecule has 0 aromatic rings. The summed E-state index contributed by atoms with van der Waals surface area (Å²) in [5, 5.41) is 0. The van der Waals surface area contributed by atoms with Gasteiger partial charge in [0.1, 0.15) is 0 Å². The van der Waals surface area contributed by atoms with Crippen molar-refractivity contribution in [2.24, 2.45) is 16.7 Å². The minimum absolute atomic E-state index is 0.435. The first-order chi connectivity index (χ1) is 11.6. The smallest absolute Gasteiger partial charge is 0.0110 e. The van der Waals surface area contributed by atoms with Gasteiger partial charge in [-0.05, 0) is 62.1 Å². The number of hydrogen-bond acceptors (Lipinski definition) is 3. The topological polar surface area (TPSA) is 9.72 Å². The average Bonchev–Trinajstić information content (AvgIpc) is 2.48. The largest absolute Gasteiger partial charge is 0.303 e. The van der Waals surface area contributed by atoms with Crippen molar-refractivity contribution in [1.82, 2.24) is 14.7 Å². The van der Waals surface area contributed by atoms with Crippen LogP contribution in [-0.4, -0.2) is 73.6 Å². The Bertz CT molecular complexity index is 328. The van der Waals surface area contributed by atoms with Gasteiger partial charge >= 0.3 is 0 Å². The van der Waals surface area contributed by atoms with Gasteiger partial charge in [-0.3, -0.25) is 0 Å². The molecule has 2 aliphatic heterocycles. The summed E-state index contributed by atoms with van der Waals surface area (Å²) in [5.41, 5.74) is 0.881. The minimum atomic E-state index is 0.435. The zero-order valence-corrected chi connectivity index (χ0v) is 18.1. The second kappa shape index (κ2) is 9.19. The van der Waals surface area contributed by atoms with Crippen LogP contribution in [0, 0.1) is 16.7 Å². The lowest BCUT2D eigenvalue weighted by atomic mass is 9.89. The molecule has 0 spiro atoms. The molecule has 0 atom stereocenters. The van der Waals surface area contributed by atoms with Gasteiger partial charge in [0.25, 0.3) is 0 Å². The van der Waals surface area contributed by atoms with Crippen LogP contribution in [0.25, 0.3) is 0 Å². The Balaban J connectivity index is 1.54. The number of hydrogen-bond donors (Lipinski definition) is 0. The average molecular weight is 352 g/mol. The van der Waals surface area contributed by atoms with E-state index < -0.39 is 0 Å². The van der Waals surface area contributed by atoms with Crippen LogP contribution in [0.2, 0.25) is 0 Å². The summed E-state index contributed by atoms with van der Waals surface area (Å²) in [7, 11) is 0. The minimum Gasteiger partial charge on any atom is -0.303 e. The van der Waals surface area contributed by atoms with Gasteiger partial charge in [0.15, 0.2) is 0 Å². The quantitative estimate of drug-likeness (QED) is 0.710. The van der Waals surface area contributed by atoms with Crippen molar-refractivity contribution in [3.63, 3.8) is 0 Å². The molecular formula is C22H45N3. The van der Waals surface area contributed by atoms with Crippen LogP contribution < -0.4 is 0 Å². The summed E-state index contributed by atoms with van der Waals surface area (Å²) in [4.78, 5) is 8.04. The van der Waals surface area contributed by atoms with Gasteiger partial charge in [0, 0.05) is 39.3 Å². The first-order valence-corrected chi connectivity index (χ1v) is 10.8. The summed E-state index contributed by atoms with van der Waals surface area (Å²) in [5.74, 6) is 0.985. The van der Waals surface area contributed by atoms with Gasteiger partial charge in [-0.1, -0.05) is 41.5 Å². The molecule has 0 aliphatic carbocycles. The van der Waals surface area contributed by atoms with Crippen LogP contribution in [-0.2, 0) is 0 Å². The second-order valence-electron chi connectivity index (χ2n) is 11.1. The Morgan fingerprint density at radius 2 is 1.08 bits per heavy atom. The van der Waals surface area contributed by atoms with Crippen molar-refractivity contribution in [2.75, 3.05) is 58.9 Å². The van der Waals surface area contributed by atoms with Crippen molar-refractivity contribution in [3.8, 4) is 0 Å². The van der Waals surface area contributed by atoms with Crippen molar-refractivity contribution in [3.05, 3.63) is 0 Å². The zero-order valence-electron chi connectivity index (χ0n) is 18.1. The summed E-state index contributed by atoms with van der Waals surface area (Å²) in [6, 6.07) is 0. The van der Waals surface area contributed by atoms with E-state index in [1.807, 2.05) is 0 Å². The monoisotopic (exact) mass is 351 g/mol. The van der Waals surface area contributed by atoms with E-state index in [4.69, 9.17) is 0 Å². The number of piperidine rings is 1. The van der Waals surface area contributed by atoms with E-state index in [0.717, 1.165) is 5.92 Å². The molecule has 0 N–H and O–H groups in total. The van der Waals surface area contributed by atoms with Crippen LogP contribution >= 0.6 is 0 Å². The Labute approximate surface area is 158 Å². The van der Waals surface area contributed by atoms with E-state index in [1.54, 1.807) is 0 Å². The maximum absolute atomic E-state index is 2.70. The third-order valence-electron chi connectivity index (χ3n) is 5.65. The number of piperazine rings is 1. The Hall–Kier alpha value is -0.120. The highest BCUT2D eigenvalue weighted by atomic mass is 15.3. The van der Waals surface area contributed by atoms with Crippen molar-refractivity contribution in [1.29, 1.82) is 0 Å². The van der Waals surface area contributed by atoms with Crippen LogP contribution in [0.1, 0.15) is 67.2 Å². The lowest BCUT2D eigenvalue weighted by Crippen LogP contribution is -2.48. The molecule has 0 aromatic heterocycles. The van der Waals surface area contributed by atoms with E-state index in [-0.39, 0.29) is 0 Å². The van der Waals surface area contributed by atoms with Crippen LogP contribution in [0.3, 0.4) is 0 Å². The molecule has 0 aromatic carbocycles. The molecule has 25 heavy (non-hydrogen) atoms. The highest BCUT2D eigenvalue weighted by Crippen LogP contribution is 2.25. The summed E-state index contributed by atoms with van der Waals surface area (Å²) < 4.78 is 0. The first kappa shape index (κ1) is 21.2. The van der Waals surface area contributed by atoms with Gasteiger partial charge in [0.05, 0.1) is 0 Å². The fraction of sp³-hybridized carbons (Fsp3) is 1.00. The van der Waals surface area contributed by atoms with Crippen molar-refractivity contribution < 1.29 is 0 Å². The summed E-state index contributed by atoms with van der Waals surface area (Å²) in [6.45, 7) is 25.7. The molecule has 2 aliphatic rings. The maximum atomic E-state index is 2.70. The van der Waals surface area contributed by atoms with Gasteiger partial charge in [-0.25, -0.2) is 0 Å². The molecule has 2 rings (SSSR count). The summed E-state index contributed by atoms with van der Waals surface area (Å²) >= 11 is 0. The van der Waals surface area contributed by atoms with Crippen molar-refractivity contribution >= 4 is 0 Å². The third-order valence-corrected chi connectivity index (χ3v) is 5.65. The number of rotatable bonds is 6. The third kappa shape index (κ3) is 8.88. The molecule has 3 heteroatoms.